The van der Waals surface area contributed by atoms with Gasteiger partial charge in [-0.3, -0.25) is 19.3 Å². The number of benzene rings is 1. The maximum absolute atomic E-state index is 13.3. The van der Waals surface area contributed by atoms with Crippen LogP contribution in [0.3, 0.4) is 0 Å². The van der Waals surface area contributed by atoms with Gasteiger partial charge in [-0.15, -0.1) is 0 Å². The monoisotopic (exact) mass is 512 g/mol. The highest BCUT2D eigenvalue weighted by molar-refractivity contribution is 6.47. The number of hydrogen-bond acceptors (Lipinski definition) is 8. The number of alkyl halides is 2. The number of aliphatic hydroxyl groups excluding tert-OH is 1. The molecule has 3 atom stereocenters. The molecule has 0 aromatic heterocycles. The number of carboxylic acid groups (broad SMARTS) is 1. The van der Waals surface area contributed by atoms with Gasteiger partial charge in [0.15, 0.2) is 0 Å². The zero-order valence-electron chi connectivity index (χ0n) is 18.9. The summed E-state index contributed by atoms with van der Waals surface area (Å²) in [6.45, 7) is 1.55. The smallest absolute Gasteiger partial charge is 0.534 e. The van der Waals surface area contributed by atoms with Gasteiger partial charge in [-0.05, 0) is 25.0 Å². The van der Waals surface area contributed by atoms with Crippen LogP contribution in [0.2, 0.25) is 0 Å². The zero-order valence-corrected chi connectivity index (χ0v) is 18.9. The van der Waals surface area contributed by atoms with Crippen molar-refractivity contribution in [2.24, 2.45) is 0 Å². The van der Waals surface area contributed by atoms with E-state index in [0.717, 1.165) is 0 Å². The largest absolute Gasteiger partial charge is 0.547 e. The Bertz CT molecular complexity index is 1080. The van der Waals surface area contributed by atoms with Crippen molar-refractivity contribution in [1.82, 2.24) is 20.4 Å². The van der Waals surface area contributed by atoms with Gasteiger partial charge in [0, 0.05) is 19.6 Å². The van der Waals surface area contributed by atoms with Crippen molar-refractivity contribution in [3.8, 4) is 5.75 Å². The molecule has 0 radical (unpaired) electrons. The Kier molecular flexibility index (Phi) is 8.09. The molecular weight excluding hydrogens is 489 g/mol. The number of fused-ring (bicyclic) bond motifs is 1. The van der Waals surface area contributed by atoms with Crippen LogP contribution in [-0.2, 0) is 20.8 Å². The fourth-order valence-electron chi connectivity index (χ4n) is 3.82. The molecule has 2 aliphatic heterocycles. The molecule has 1 aromatic carbocycles. The first-order valence-electron chi connectivity index (χ1n) is 10.8. The number of likely N-dealkylation sites (N-methyl/N-ethyl adjacent to an activating group) is 1. The average molecular weight is 512 g/mol. The molecule has 194 valence electrons. The van der Waals surface area contributed by atoms with Gasteiger partial charge < -0.3 is 35.4 Å². The summed E-state index contributed by atoms with van der Waals surface area (Å²) in [5, 5.41) is 33.5. The third-order valence-corrected chi connectivity index (χ3v) is 5.77. The van der Waals surface area contributed by atoms with Crippen LogP contribution in [0.25, 0.3) is 0 Å². The number of amides is 5. The number of nitrogens with zero attached hydrogens (tertiary/aromatic N) is 2. The van der Waals surface area contributed by atoms with Crippen molar-refractivity contribution < 1.29 is 52.6 Å². The maximum Gasteiger partial charge on any atom is 0.547 e. The van der Waals surface area contributed by atoms with Crippen molar-refractivity contribution >= 4 is 36.8 Å². The van der Waals surface area contributed by atoms with E-state index in [0.29, 0.717) is 10.5 Å². The Morgan fingerprint density at radius 1 is 1.22 bits per heavy atom. The number of halogens is 2. The summed E-state index contributed by atoms with van der Waals surface area (Å²) in [4.78, 5) is 62.6. The molecule has 1 aromatic rings. The lowest BCUT2D eigenvalue weighted by atomic mass is 9.72. The summed E-state index contributed by atoms with van der Waals surface area (Å²) in [7, 11) is -1.79. The van der Waals surface area contributed by atoms with Gasteiger partial charge in [-0.2, -0.15) is 0 Å². The van der Waals surface area contributed by atoms with Crippen LogP contribution in [0.5, 0.6) is 5.75 Å². The number of hydrogen-bond donors (Lipinski definition) is 5. The van der Waals surface area contributed by atoms with Crippen LogP contribution >= 0.6 is 0 Å². The molecule has 2 aliphatic rings. The van der Waals surface area contributed by atoms with Crippen molar-refractivity contribution in [3.05, 3.63) is 29.3 Å². The molecule has 1 saturated heterocycles. The van der Waals surface area contributed by atoms with E-state index in [1.807, 2.05) is 5.32 Å². The highest BCUT2D eigenvalue weighted by Gasteiger charge is 2.43. The van der Waals surface area contributed by atoms with Gasteiger partial charge in [-0.25, -0.2) is 18.4 Å². The number of urea groups is 1. The number of carboxylic acids is 1. The molecule has 2 heterocycles. The van der Waals surface area contributed by atoms with Crippen LogP contribution in [0.15, 0.2) is 18.2 Å². The number of aromatic carboxylic acids is 1. The van der Waals surface area contributed by atoms with Gasteiger partial charge in [0.05, 0.1) is 11.5 Å². The Morgan fingerprint density at radius 2 is 1.92 bits per heavy atom. The fraction of sp³-hybridized carbons (Fsp3) is 0.450. The van der Waals surface area contributed by atoms with E-state index in [9.17, 15) is 48.0 Å². The number of piperazine rings is 1. The molecule has 16 heteroatoms. The van der Waals surface area contributed by atoms with Gasteiger partial charge >= 0.3 is 30.9 Å². The number of nitrogens with one attached hydrogen (secondary N) is 2. The number of carbonyl (C=O) groups is 5. The molecule has 3 rings (SSSR count). The van der Waals surface area contributed by atoms with E-state index in [1.165, 1.54) is 23.1 Å². The fourth-order valence-corrected chi connectivity index (χ4v) is 3.82. The Balaban J connectivity index is 1.75. The topological polar surface area (TPSA) is 186 Å². The van der Waals surface area contributed by atoms with Crippen LogP contribution < -0.4 is 15.3 Å². The first kappa shape index (κ1) is 26.8. The molecule has 0 spiro atoms. The second-order valence-electron chi connectivity index (χ2n) is 8.02. The summed E-state index contributed by atoms with van der Waals surface area (Å²) >= 11 is 0. The second kappa shape index (κ2) is 10.9. The molecule has 5 amide bonds. The first-order valence-corrected chi connectivity index (χ1v) is 10.8. The van der Waals surface area contributed by atoms with Crippen LogP contribution in [0.1, 0.15) is 22.8 Å². The van der Waals surface area contributed by atoms with Crippen molar-refractivity contribution in [3.63, 3.8) is 0 Å². The van der Waals surface area contributed by atoms with E-state index in [1.54, 1.807) is 6.92 Å². The van der Waals surface area contributed by atoms with E-state index < -0.39 is 61.4 Å². The first-order chi connectivity index (χ1) is 17.0. The zero-order chi connectivity index (χ0) is 26.7. The molecule has 5 N–H and O–H groups in total. The quantitative estimate of drug-likeness (QED) is 0.208. The molecule has 1 unspecified atom stereocenters. The minimum atomic E-state index is -3.48. The third kappa shape index (κ3) is 5.38. The number of aliphatic hydroxyl groups is 1. The van der Waals surface area contributed by atoms with Crippen molar-refractivity contribution in [1.29, 1.82) is 0 Å². The van der Waals surface area contributed by atoms with Crippen molar-refractivity contribution in [2.45, 2.75) is 37.9 Å². The Labute approximate surface area is 203 Å². The Hall–Kier alpha value is -3.79. The SMILES string of the molecule is CCN1CCN(C(=O)N[C@H](C(=O)NC2Cc3cccc(C(=O)O)c3OB2O)[C@H](O)C(F)F)C(=O)C1=O. The minimum Gasteiger partial charge on any atom is -0.534 e. The molecule has 0 aliphatic carbocycles. The van der Waals surface area contributed by atoms with Crippen LogP contribution in [-0.4, -0.2) is 106 Å². The average Bonchev–Trinajstić information content (AvgIpc) is 2.83. The highest BCUT2D eigenvalue weighted by atomic mass is 19.3. The predicted octanol–water partition coefficient (Wildman–Crippen LogP) is -1.78. The van der Waals surface area contributed by atoms with Gasteiger partial charge in [0.1, 0.15) is 17.9 Å². The lowest BCUT2D eigenvalue weighted by Gasteiger charge is -2.34. The minimum absolute atomic E-state index is 0.00783. The van der Waals surface area contributed by atoms with Gasteiger partial charge in [0.25, 0.3) is 6.43 Å². The molecule has 1 fully saturated rings. The van der Waals surface area contributed by atoms with Gasteiger partial charge in [-0.1, -0.05) is 12.1 Å². The molecule has 13 nitrogen and oxygen atoms in total. The van der Waals surface area contributed by atoms with Crippen molar-refractivity contribution in [2.75, 3.05) is 19.6 Å². The lowest BCUT2D eigenvalue weighted by molar-refractivity contribution is -0.153. The predicted molar refractivity (Wildman–Crippen MR) is 116 cm³/mol. The van der Waals surface area contributed by atoms with E-state index >= 15 is 0 Å². The maximum atomic E-state index is 13.3. The third-order valence-electron chi connectivity index (χ3n) is 5.77. The van der Waals surface area contributed by atoms with E-state index in [4.69, 9.17) is 4.65 Å². The summed E-state index contributed by atoms with van der Waals surface area (Å²) in [6, 6.07) is 0.495. The normalized spacial score (nSPS) is 19.4. The van der Waals surface area contributed by atoms with Crippen LogP contribution in [0.4, 0.5) is 13.6 Å². The van der Waals surface area contributed by atoms with E-state index in [2.05, 4.69) is 5.32 Å². The summed E-state index contributed by atoms with van der Waals surface area (Å²) in [5.74, 6) is -6.28. The van der Waals surface area contributed by atoms with E-state index in [-0.39, 0.29) is 37.4 Å². The molecule has 0 bridgehead atoms. The summed E-state index contributed by atoms with van der Waals surface area (Å²) in [6.07, 6.45) is -6.35. The standard InChI is InChI=1S/C20H23BF2N4O9/c1-2-26-6-7-27(18(31)17(26)30)20(34)25-12(13(28)15(22)23)16(29)24-11-8-9-4-3-5-10(19(32)33)14(9)36-21(11)35/h3-5,11-13,15,28,35H,2,6-8H2,1H3,(H,24,29)(H,25,34)(H,32,33)/t11?,12-,13-/m0/s1. The number of imide groups is 1. The van der Waals surface area contributed by atoms with Gasteiger partial charge in [0.2, 0.25) is 5.91 Å². The lowest BCUT2D eigenvalue weighted by Crippen LogP contribution is -2.64. The summed E-state index contributed by atoms with van der Waals surface area (Å²) < 4.78 is 31.8. The molecular formula is C20H23BF2N4O9. The number of carbonyl (C=O) groups excluding carboxylic acids is 4. The summed E-state index contributed by atoms with van der Waals surface area (Å²) in [5.41, 5.74) is 0.0513. The van der Waals surface area contributed by atoms with Crippen LogP contribution in [0, 0.1) is 0 Å². The molecule has 0 saturated carbocycles. The Morgan fingerprint density at radius 3 is 2.53 bits per heavy atom. The number of para-hydroxylation sites is 1. The second-order valence-corrected chi connectivity index (χ2v) is 8.02. The number of rotatable bonds is 7. The molecule has 36 heavy (non-hydrogen) atoms. The highest BCUT2D eigenvalue weighted by Crippen LogP contribution is 2.30.